The lowest BCUT2D eigenvalue weighted by Crippen LogP contribution is -2.29. The van der Waals surface area contributed by atoms with E-state index >= 15 is 0 Å². The highest BCUT2D eigenvalue weighted by Crippen LogP contribution is 2.37. The van der Waals surface area contributed by atoms with Gasteiger partial charge in [-0.15, -0.1) is 0 Å². The summed E-state index contributed by atoms with van der Waals surface area (Å²) in [6.07, 6.45) is -12.6. The second-order valence-electron chi connectivity index (χ2n) is 3.36. The first-order valence-electron chi connectivity index (χ1n) is 4.46. The van der Waals surface area contributed by atoms with Crippen LogP contribution >= 0.6 is 0 Å². The molecule has 0 amide bonds. The zero-order chi connectivity index (χ0) is 14.1. The molecule has 0 heterocycles. The molecule has 0 spiro atoms. The van der Waals surface area contributed by atoms with Crippen LogP contribution in [-0.2, 0) is 10.1 Å². The van der Waals surface area contributed by atoms with Crippen LogP contribution < -0.4 is 0 Å². The topological polar surface area (TPSA) is 54.4 Å². The molecule has 1 aromatic rings. The molecule has 0 aliphatic rings. The Labute approximate surface area is 99.0 Å². The van der Waals surface area contributed by atoms with Gasteiger partial charge in [-0.3, -0.25) is 4.55 Å². The van der Waals surface area contributed by atoms with Crippen LogP contribution in [0.3, 0.4) is 0 Å². The van der Waals surface area contributed by atoms with Gasteiger partial charge in [0.25, 0.3) is 10.1 Å². The average molecular weight is 290 g/mol. The summed E-state index contributed by atoms with van der Waals surface area (Å²) in [5, 5.41) is 0. The lowest BCUT2D eigenvalue weighted by molar-refractivity contribution is -0.197. The molecule has 0 aliphatic heterocycles. The Morgan fingerprint density at radius 3 is 2.06 bits per heavy atom. The van der Waals surface area contributed by atoms with Gasteiger partial charge in [0.2, 0.25) is 6.17 Å². The Morgan fingerprint density at radius 1 is 1.11 bits per heavy atom. The van der Waals surface area contributed by atoms with Crippen molar-refractivity contribution in [3.05, 3.63) is 29.8 Å². The van der Waals surface area contributed by atoms with E-state index in [2.05, 4.69) is 0 Å². The predicted octanol–water partition coefficient (Wildman–Crippen LogP) is 2.84. The van der Waals surface area contributed by atoms with Crippen LogP contribution in [0.2, 0.25) is 0 Å². The molecule has 0 saturated heterocycles. The summed E-state index contributed by atoms with van der Waals surface area (Å²) in [6, 6.07) is 3.42. The molecule has 0 aromatic heterocycles. The molecule has 0 fully saturated rings. The average Bonchev–Trinajstić information content (AvgIpc) is 2.24. The van der Waals surface area contributed by atoms with Crippen LogP contribution in [-0.4, -0.2) is 25.3 Å². The van der Waals surface area contributed by atoms with E-state index in [1.165, 1.54) is 0 Å². The van der Waals surface area contributed by atoms with Gasteiger partial charge >= 0.3 is 6.18 Å². The Bertz CT molecular complexity index is 525. The van der Waals surface area contributed by atoms with E-state index in [-0.39, 0.29) is 0 Å². The third-order valence-electron chi connectivity index (χ3n) is 2.06. The molecule has 0 saturated carbocycles. The highest BCUT2D eigenvalue weighted by Gasteiger charge is 2.47. The molecule has 9 heteroatoms. The molecule has 3 nitrogen and oxygen atoms in total. The summed E-state index contributed by atoms with van der Waals surface area (Å²) in [6.45, 7) is 0. The van der Waals surface area contributed by atoms with Crippen molar-refractivity contribution in [2.45, 2.75) is 23.4 Å². The monoisotopic (exact) mass is 290 g/mol. The van der Waals surface area contributed by atoms with Crippen molar-refractivity contribution < 1.29 is 34.9 Å². The van der Waals surface area contributed by atoms with Crippen LogP contribution in [0.1, 0.15) is 11.7 Å². The number of rotatable bonds is 3. The van der Waals surface area contributed by atoms with Crippen LogP contribution in [0.5, 0.6) is 0 Å². The molecule has 1 aromatic carbocycles. The zero-order valence-electron chi connectivity index (χ0n) is 8.53. The first-order chi connectivity index (χ1) is 8.05. The van der Waals surface area contributed by atoms with Gasteiger partial charge in [0.1, 0.15) is 4.90 Å². The van der Waals surface area contributed by atoms with E-state index in [1.54, 1.807) is 0 Å². The maximum Gasteiger partial charge on any atom is 0.422 e. The first-order valence-corrected chi connectivity index (χ1v) is 5.90. The minimum atomic E-state index is -5.47. The lowest BCUT2D eigenvalue weighted by atomic mass is 10.1. The molecule has 1 rings (SSSR count). The van der Waals surface area contributed by atoms with Gasteiger partial charge in [-0.1, -0.05) is 18.2 Å². The Hall–Kier alpha value is -1.22. The van der Waals surface area contributed by atoms with Crippen LogP contribution in [0.25, 0.3) is 0 Å². The fourth-order valence-corrected chi connectivity index (χ4v) is 2.00. The van der Waals surface area contributed by atoms with Gasteiger partial charge in [-0.05, 0) is 6.07 Å². The Morgan fingerprint density at radius 2 is 1.61 bits per heavy atom. The van der Waals surface area contributed by atoms with E-state index in [4.69, 9.17) is 4.55 Å². The minimum Gasteiger partial charge on any atom is -0.282 e. The number of benzene rings is 1. The van der Waals surface area contributed by atoms with Crippen LogP contribution in [0.4, 0.5) is 22.0 Å². The third-order valence-corrected chi connectivity index (χ3v) is 2.99. The normalized spacial score (nSPS) is 16.3. The summed E-state index contributed by atoms with van der Waals surface area (Å²) in [5.74, 6) is 0. The smallest absolute Gasteiger partial charge is 0.282 e. The zero-order valence-corrected chi connectivity index (χ0v) is 9.34. The van der Waals surface area contributed by atoms with Gasteiger partial charge in [0, 0.05) is 5.56 Å². The fourth-order valence-electron chi connectivity index (χ4n) is 1.27. The van der Waals surface area contributed by atoms with E-state index < -0.39 is 39.1 Å². The largest absolute Gasteiger partial charge is 0.422 e. The molecule has 102 valence electrons. The number of halogens is 5. The maximum absolute atomic E-state index is 13.3. The highest BCUT2D eigenvalue weighted by molar-refractivity contribution is 7.85. The third kappa shape index (κ3) is 3.16. The second kappa shape index (κ2) is 4.81. The highest BCUT2D eigenvalue weighted by atomic mass is 32.2. The van der Waals surface area contributed by atoms with E-state index in [0.717, 1.165) is 12.1 Å². The van der Waals surface area contributed by atoms with Crippen molar-refractivity contribution in [3.63, 3.8) is 0 Å². The molecule has 0 aliphatic carbocycles. The summed E-state index contributed by atoms with van der Waals surface area (Å²) in [5.41, 5.74) is -1.08. The van der Waals surface area contributed by atoms with Gasteiger partial charge in [-0.2, -0.15) is 21.6 Å². The van der Waals surface area contributed by atoms with Crippen LogP contribution in [0, 0.1) is 0 Å². The molecule has 0 radical (unpaired) electrons. The molecular formula is C9H7F5O3S. The number of alkyl halides is 5. The van der Waals surface area contributed by atoms with Crippen LogP contribution in [0.15, 0.2) is 29.2 Å². The standard InChI is InChI=1S/C9H7F5O3S/c10-7(8(11)9(12,13)14)5-3-1-2-4-6(5)18(15,16)17/h1-4,7-8H,(H,15,16,17). The van der Waals surface area contributed by atoms with Crippen molar-refractivity contribution in [3.8, 4) is 0 Å². The van der Waals surface area contributed by atoms with Crippen molar-refractivity contribution >= 4 is 10.1 Å². The fraction of sp³-hybridized carbons (Fsp3) is 0.333. The lowest BCUT2D eigenvalue weighted by Gasteiger charge is -2.18. The SMILES string of the molecule is O=S(=O)(O)c1ccccc1C(F)C(F)C(F)(F)F. The minimum absolute atomic E-state index is 0.659. The van der Waals surface area contributed by atoms with Gasteiger partial charge in [-0.25, -0.2) is 8.78 Å². The summed E-state index contributed by atoms with van der Waals surface area (Å²) in [4.78, 5) is -1.09. The first kappa shape index (κ1) is 14.8. The van der Waals surface area contributed by atoms with E-state index in [0.29, 0.717) is 12.1 Å². The van der Waals surface area contributed by atoms with Gasteiger partial charge in [0.05, 0.1) is 0 Å². The Kier molecular flexibility index (Phi) is 3.96. The molecule has 2 unspecified atom stereocenters. The van der Waals surface area contributed by atoms with Gasteiger partial charge < -0.3 is 0 Å². The van der Waals surface area contributed by atoms with Crippen molar-refractivity contribution in [1.82, 2.24) is 0 Å². The van der Waals surface area contributed by atoms with Crippen molar-refractivity contribution in [2.75, 3.05) is 0 Å². The molecular weight excluding hydrogens is 283 g/mol. The summed E-state index contributed by atoms with van der Waals surface area (Å²) in [7, 11) is -4.93. The second-order valence-corrected chi connectivity index (χ2v) is 4.75. The maximum atomic E-state index is 13.3. The van der Waals surface area contributed by atoms with Gasteiger partial charge in [0.15, 0.2) is 6.17 Å². The van der Waals surface area contributed by atoms with E-state index in [9.17, 15) is 30.4 Å². The molecule has 2 atom stereocenters. The van der Waals surface area contributed by atoms with Crippen molar-refractivity contribution in [2.24, 2.45) is 0 Å². The Balaban J connectivity index is 3.27. The molecule has 0 bridgehead atoms. The summed E-state index contributed by atoms with van der Waals surface area (Å²) >= 11 is 0. The van der Waals surface area contributed by atoms with Crippen molar-refractivity contribution in [1.29, 1.82) is 0 Å². The number of hydrogen-bond acceptors (Lipinski definition) is 2. The molecule has 1 N–H and O–H groups in total. The quantitative estimate of drug-likeness (QED) is 0.688. The number of hydrogen-bond donors (Lipinski definition) is 1. The van der Waals surface area contributed by atoms with E-state index in [1.807, 2.05) is 0 Å². The summed E-state index contributed by atoms with van der Waals surface area (Å²) < 4.78 is 92.4. The molecule has 18 heavy (non-hydrogen) atoms. The predicted molar refractivity (Wildman–Crippen MR) is 51.1 cm³/mol.